The van der Waals surface area contributed by atoms with Gasteiger partial charge in [0.25, 0.3) is 0 Å². The van der Waals surface area contributed by atoms with Crippen molar-refractivity contribution in [2.24, 2.45) is 17.0 Å². The third kappa shape index (κ3) is 2.35. The Morgan fingerprint density at radius 2 is 1.76 bits per heavy atom. The van der Waals surface area contributed by atoms with Gasteiger partial charge < -0.3 is 5.21 Å². The molecule has 0 unspecified atom stereocenters. The van der Waals surface area contributed by atoms with Gasteiger partial charge in [0, 0.05) is 19.1 Å². The summed E-state index contributed by atoms with van der Waals surface area (Å²) in [7, 11) is 0. The van der Waals surface area contributed by atoms with Crippen LogP contribution in [-0.2, 0) is 0 Å². The smallest absolute Gasteiger partial charge is 0.0574 e. The van der Waals surface area contributed by atoms with Gasteiger partial charge in [0.2, 0.25) is 0 Å². The average Bonchev–Trinajstić information content (AvgIpc) is 2.82. The Labute approximate surface area is 104 Å². The number of oxime groups is 1. The van der Waals surface area contributed by atoms with Crippen molar-refractivity contribution in [1.29, 1.82) is 0 Å². The van der Waals surface area contributed by atoms with Crippen LogP contribution in [0.1, 0.15) is 51.4 Å². The van der Waals surface area contributed by atoms with Crippen LogP contribution in [0.4, 0.5) is 0 Å². The molecule has 0 aromatic heterocycles. The predicted molar refractivity (Wildman–Crippen MR) is 68.5 cm³/mol. The van der Waals surface area contributed by atoms with Gasteiger partial charge in [-0.1, -0.05) is 24.4 Å². The molecule has 1 aliphatic heterocycles. The lowest BCUT2D eigenvalue weighted by atomic mass is 9.81. The first kappa shape index (κ1) is 11.5. The van der Waals surface area contributed by atoms with Crippen molar-refractivity contribution in [3.05, 3.63) is 0 Å². The zero-order chi connectivity index (χ0) is 11.7. The fourth-order valence-corrected chi connectivity index (χ4v) is 4.13. The second-order valence-corrected chi connectivity index (χ2v) is 6.17. The molecule has 2 aliphatic carbocycles. The first-order valence-corrected chi connectivity index (χ1v) is 7.30. The van der Waals surface area contributed by atoms with Crippen LogP contribution in [0.2, 0.25) is 0 Å². The van der Waals surface area contributed by atoms with Gasteiger partial charge in [-0.25, -0.2) is 0 Å². The molecule has 96 valence electrons. The van der Waals surface area contributed by atoms with E-state index in [1.807, 2.05) is 0 Å². The molecule has 2 saturated carbocycles. The molecule has 3 rings (SSSR count). The third-order valence-corrected chi connectivity index (χ3v) is 5.14. The Kier molecular flexibility index (Phi) is 3.37. The van der Waals surface area contributed by atoms with Crippen LogP contribution < -0.4 is 0 Å². The first-order chi connectivity index (χ1) is 8.36. The number of rotatable bonds is 1. The van der Waals surface area contributed by atoms with E-state index in [2.05, 4.69) is 10.1 Å². The van der Waals surface area contributed by atoms with E-state index in [1.165, 1.54) is 51.6 Å². The Morgan fingerprint density at radius 1 is 1.00 bits per heavy atom. The minimum Gasteiger partial charge on any atom is -0.411 e. The summed E-state index contributed by atoms with van der Waals surface area (Å²) in [6, 6.07) is 0.865. The van der Waals surface area contributed by atoms with Crippen molar-refractivity contribution in [3.63, 3.8) is 0 Å². The van der Waals surface area contributed by atoms with Gasteiger partial charge in [0.05, 0.1) is 5.71 Å². The molecule has 1 N–H and O–H groups in total. The summed E-state index contributed by atoms with van der Waals surface area (Å²) in [5.41, 5.74) is 1.04. The van der Waals surface area contributed by atoms with E-state index in [1.54, 1.807) is 0 Å². The van der Waals surface area contributed by atoms with Gasteiger partial charge in [-0.3, -0.25) is 4.90 Å². The molecule has 2 atom stereocenters. The van der Waals surface area contributed by atoms with Gasteiger partial charge in [0.15, 0.2) is 0 Å². The van der Waals surface area contributed by atoms with Crippen molar-refractivity contribution >= 4 is 5.71 Å². The molecule has 3 nitrogen and oxygen atoms in total. The van der Waals surface area contributed by atoms with Crippen molar-refractivity contribution in [2.75, 3.05) is 13.1 Å². The van der Waals surface area contributed by atoms with E-state index in [0.717, 1.165) is 36.4 Å². The summed E-state index contributed by atoms with van der Waals surface area (Å²) < 4.78 is 0. The normalized spacial score (nSPS) is 38.5. The molecule has 0 aromatic rings. The second-order valence-electron chi connectivity index (χ2n) is 6.17. The molecule has 17 heavy (non-hydrogen) atoms. The highest BCUT2D eigenvalue weighted by molar-refractivity contribution is 5.84. The molecule has 0 aromatic carbocycles. The summed E-state index contributed by atoms with van der Waals surface area (Å²) in [6.07, 6.45) is 10.5. The fourth-order valence-electron chi connectivity index (χ4n) is 4.13. The SMILES string of the molecule is O/N=C1/CC[C@@H]2CN(C3CCCCC3)C[C@H]2C1. The molecule has 0 spiro atoms. The summed E-state index contributed by atoms with van der Waals surface area (Å²) in [5.74, 6) is 1.65. The van der Waals surface area contributed by atoms with Gasteiger partial charge in [-0.15, -0.1) is 0 Å². The first-order valence-electron chi connectivity index (χ1n) is 7.30. The number of fused-ring (bicyclic) bond motifs is 1. The minimum absolute atomic E-state index is 0.775. The number of nitrogens with zero attached hydrogens (tertiary/aromatic N) is 2. The standard InChI is InChI=1S/C14H24N2O/c17-15-13-7-6-11-9-16(10-12(11)8-13)14-4-2-1-3-5-14/h11-12,14,17H,1-10H2/b15-13-/t11-,12-/m1/s1. The monoisotopic (exact) mass is 236 g/mol. The third-order valence-electron chi connectivity index (χ3n) is 5.14. The molecule has 3 aliphatic rings. The topological polar surface area (TPSA) is 35.8 Å². The average molecular weight is 236 g/mol. The number of likely N-dealkylation sites (tertiary alicyclic amines) is 1. The molecule has 3 fully saturated rings. The van der Waals surface area contributed by atoms with E-state index < -0.39 is 0 Å². The Morgan fingerprint density at radius 3 is 2.53 bits per heavy atom. The maximum Gasteiger partial charge on any atom is 0.0574 e. The number of hydrogen-bond acceptors (Lipinski definition) is 3. The maximum absolute atomic E-state index is 8.90. The summed E-state index contributed by atoms with van der Waals surface area (Å²) in [5, 5.41) is 12.3. The summed E-state index contributed by atoms with van der Waals surface area (Å²) in [4.78, 5) is 2.74. The molecule has 1 heterocycles. The highest BCUT2D eigenvalue weighted by atomic mass is 16.4. The van der Waals surface area contributed by atoms with Crippen molar-refractivity contribution in [2.45, 2.75) is 57.4 Å². The van der Waals surface area contributed by atoms with E-state index in [9.17, 15) is 0 Å². The van der Waals surface area contributed by atoms with Crippen LogP contribution in [0, 0.1) is 11.8 Å². The molecule has 0 amide bonds. The number of hydrogen-bond donors (Lipinski definition) is 1. The van der Waals surface area contributed by atoms with Gasteiger partial charge in [-0.2, -0.15) is 0 Å². The molecular weight excluding hydrogens is 212 g/mol. The summed E-state index contributed by atoms with van der Waals surface area (Å²) >= 11 is 0. The molecule has 3 heteroatoms. The highest BCUT2D eigenvalue weighted by Crippen LogP contribution is 2.37. The largest absolute Gasteiger partial charge is 0.411 e. The maximum atomic E-state index is 8.90. The Bertz CT molecular complexity index is 297. The Balaban J connectivity index is 1.60. The predicted octanol–water partition coefficient (Wildman–Crippen LogP) is 2.88. The zero-order valence-corrected chi connectivity index (χ0v) is 10.6. The van der Waals surface area contributed by atoms with Crippen molar-refractivity contribution in [1.82, 2.24) is 4.90 Å². The Hall–Kier alpha value is -0.570. The lowest BCUT2D eigenvalue weighted by molar-refractivity contribution is 0.182. The van der Waals surface area contributed by atoms with E-state index in [4.69, 9.17) is 5.21 Å². The van der Waals surface area contributed by atoms with Gasteiger partial charge in [0.1, 0.15) is 0 Å². The van der Waals surface area contributed by atoms with Crippen LogP contribution >= 0.6 is 0 Å². The molecule has 0 radical (unpaired) electrons. The molecule has 0 bridgehead atoms. The fraction of sp³-hybridized carbons (Fsp3) is 0.929. The van der Waals surface area contributed by atoms with Gasteiger partial charge >= 0.3 is 0 Å². The van der Waals surface area contributed by atoms with Gasteiger partial charge in [-0.05, 0) is 43.9 Å². The lowest BCUT2D eigenvalue weighted by Crippen LogP contribution is -2.35. The quantitative estimate of drug-likeness (QED) is 0.561. The lowest BCUT2D eigenvalue weighted by Gasteiger charge is -2.31. The van der Waals surface area contributed by atoms with Crippen LogP contribution in [0.3, 0.4) is 0 Å². The molecular formula is C14H24N2O. The highest BCUT2D eigenvalue weighted by Gasteiger charge is 2.39. The van der Waals surface area contributed by atoms with Crippen LogP contribution in [0.25, 0.3) is 0 Å². The van der Waals surface area contributed by atoms with Crippen molar-refractivity contribution < 1.29 is 5.21 Å². The van der Waals surface area contributed by atoms with Crippen LogP contribution in [0.15, 0.2) is 5.16 Å². The zero-order valence-electron chi connectivity index (χ0n) is 10.6. The van der Waals surface area contributed by atoms with E-state index >= 15 is 0 Å². The molecule has 1 saturated heterocycles. The second kappa shape index (κ2) is 4.97. The van der Waals surface area contributed by atoms with Crippen LogP contribution in [0.5, 0.6) is 0 Å². The minimum atomic E-state index is 0.775. The van der Waals surface area contributed by atoms with E-state index in [0.29, 0.717) is 0 Å². The van der Waals surface area contributed by atoms with Crippen molar-refractivity contribution in [3.8, 4) is 0 Å². The van der Waals surface area contributed by atoms with Crippen LogP contribution in [-0.4, -0.2) is 35.0 Å². The summed E-state index contributed by atoms with van der Waals surface area (Å²) in [6.45, 7) is 2.57. The van der Waals surface area contributed by atoms with E-state index in [-0.39, 0.29) is 0 Å².